The van der Waals surface area contributed by atoms with Crippen molar-refractivity contribution in [2.75, 3.05) is 58.9 Å². The molecular weight excluding hydrogens is 654 g/mol. The van der Waals surface area contributed by atoms with Crippen molar-refractivity contribution in [1.29, 1.82) is 0 Å². The summed E-state index contributed by atoms with van der Waals surface area (Å²) in [6.45, 7) is 11.3. The van der Waals surface area contributed by atoms with E-state index in [-0.39, 0.29) is 31.3 Å². The van der Waals surface area contributed by atoms with Gasteiger partial charge in [-0.15, -0.1) is 0 Å². The van der Waals surface area contributed by atoms with Crippen molar-refractivity contribution in [2.24, 2.45) is 11.8 Å². The highest BCUT2D eigenvalue weighted by Crippen LogP contribution is 2.19. The summed E-state index contributed by atoms with van der Waals surface area (Å²) < 4.78 is 9.52. The third kappa shape index (κ3) is 13.0. The normalized spacial score (nSPS) is 16.4. The molecule has 4 amide bonds. The maximum Gasteiger partial charge on any atom is 0.407 e. The standard InChI is InChI=1S/C37H57N7O7/c1-8-26(4)33(40-37(49)51-7)35(47)41-44(23-28-14-16-29(17-15-28)43-20-18-42(5)19-21-43)24-31(45)30(22-27-12-10-9-11-13-27)38-34(46)32(25(2)3)39-36(48)50-6/h9-17,25-26,30-33,45H,8,18-24H2,1-7H3,(H,38,46)(H,39,48)(H,40,49)(H,41,47)/t26?,30-,31-,32-,33-/m0/s1. The third-order valence-electron chi connectivity index (χ3n) is 9.31. The van der Waals surface area contributed by atoms with Crippen LogP contribution in [0.3, 0.4) is 0 Å². The smallest absolute Gasteiger partial charge is 0.407 e. The summed E-state index contributed by atoms with van der Waals surface area (Å²) in [6, 6.07) is 14.9. The summed E-state index contributed by atoms with van der Waals surface area (Å²) in [4.78, 5) is 56.2. The predicted molar refractivity (Wildman–Crippen MR) is 196 cm³/mol. The maximum atomic E-state index is 13.8. The minimum Gasteiger partial charge on any atom is -0.453 e. The number of carbonyl (C=O) groups excluding carboxylic acids is 4. The van der Waals surface area contributed by atoms with E-state index in [1.54, 1.807) is 18.9 Å². The van der Waals surface area contributed by atoms with Crippen molar-refractivity contribution in [1.82, 2.24) is 31.3 Å². The Kier molecular flexibility index (Phi) is 16.4. The van der Waals surface area contributed by atoms with Crippen molar-refractivity contribution in [2.45, 2.75) is 71.3 Å². The predicted octanol–water partition coefficient (Wildman–Crippen LogP) is 2.51. The second-order valence-corrected chi connectivity index (χ2v) is 13.5. The van der Waals surface area contributed by atoms with Gasteiger partial charge in [-0.05, 0) is 48.6 Å². The van der Waals surface area contributed by atoms with Crippen LogP contribution in [-0.2, 0) is 32.0 Å². The van der Waals surface area contributed by atoms with E-state index in [4.69, 9.17) is 9.47 Å². The molecule has 1 saturated heterocycles. The SMILES string of the molecule is CCC(C)[C@H](NC(=O)OC)C(=O)NN(Cc1ccc(N2CCN(C)CC2)cc1)C[C@H](O)[C@H](Cc1ccccc1)NC(=O)[C@@H](NC(=O)OC)C(C)C. The summed E-state index contributed by atoms with van der Waals surface area (Å²) >= 11 is 0. The van der Waals surface area contributed by atoms with E-state index in [0.29, 0.717) is 6.42 Å². The Morgan fingerprint density at radius 2 is 1.39 bits per heavy atom. The zero-order chi connectivity index (χ0) is 37.5. The Balaban J connectivity index is 1.90. The number of benzene rings is 2. The van der Waals surface area contributed by atoms with Gasteiger partial charge in [0, 0.05) is 45.0 Å². The van der Waals surface area contributed by atoms with E-state index in [1.165, 1.54) is 14.2 Å². The molecule has 282 valence electrons. The van der Waals surface area contributed by atoms with Crippen molar-refractivity contribution < 1.29 is 33.8 Å². The number of likely N-dealkylation sites (N-methyl/N-ethyl adjacent to an activating group) is 1. The van der Waals surface area contributed by atoms with Crippen LogP contribution in [0.25, 0.3) is 0 Å². The first-order valence-corrected chi connectivity index (χ1v) is 17.6. The molecule has 0 aromatic heterocycles. The number of nitrogens with zero attached hydrogens (tertiary/aromatic N) is 3. The molecule has 2 aromatic rings. The number of alkyl carbamates (subject to hydrolysis) is 2. The van der Waals surface area contributed by atoms with Crippen molar-refractivity contribution >= 4 is 29.7 Å². The van der Waals surface area contributed by atoms with Crippen LogP contribution in [0.4, 0.5) is 15.3 Å². The highest BCUT2D eigenvalue weighted by molar-refractivity contribution is 5.86. The van der Waals surface area contributed by atoms with E-state index < -0.39 is 48.2 Å². The Labute approximate surface area is 302 Å². The number of aliphatic hydroxyl groups is 1. The second kappa shape index (κ2) is 20.4. The highest BCUT2D eigenvalue weighted by Gasteiger charge is 2.32. The number of hydrogen-bond donors (Lipinski definition) is 5. The molecule has 1 aliphatic rings. The summed E-state index contributed by atoms with van der Waals surface area (Å²) in [5, 5.41) is 21.6. The fourth-order valence-corrected chi connectivity index (χ4v) is 5.86. The van der Waals surface area contributed by atoms with E-state index in [2.05, 4.69) is 50.4 Å². The quantitative estimate of drug-likeness (QED) is 0.154. The van der Waals surface area contributed by atoms with Gasteiger partial charge in [-0.25, -0.2) is 14.6 Å². The van der Waals surface area contributed by atoms with Gasteiger partial charge in [-0.2, -0.15) is 0 Å². The van der Waals surface area contributed by atoms with E-state index in [1.807, 2.05) is 56.3 Å². The molecule has 14 heteroatoms. The van der Waals surface area contributed by atoms with Gasteiger partial charge in [0.1, 0.15) is 12.1 Å². The molecule has 3 rings (SSSR count). The van der Waals surface area contributed by atoms with Gasteiger partial charge < -0.3 is 40.3 Å². The number of amides is 4. The van der Waals surface area contributed by atoms with Crippen LogP contribution < -0.4 is 26.3 Å². The molecule has 0 radical (unpaired) electrons. The average molecular weight is 712 g/mol. The van der Waals surface area contributed by atoms with Crippen LogP contribution in [0.15, 0.2) is 54.6 Å². The minimum atomic E-state index is -1.18. The van der Waals surface area contributed by atoms with Gasteiger partial charge in [0.15, 0.2) is 0 Å². The fraction of sp³-hybridized carbons (Fsp3) is 0.568. The first kappa shape index (κ1) is 41.0. The molecule has 1 fully saturated rings. The summed E-state index contributed by atoms with van der Waals surface area (Å²) in [7, 11) is 4.57. The molecule has 51 heavy (non-hydrogen) atoms. The lowest BCUT2D eigenvalue weighted by Gasteiger charge is -2.34. The zero-order valence-corrected chi connectivity index (χ0v) is 31.1. The molecule has 1 heterocycles. The average Bonchev–Trinajstić information content (AvgIpc) is 3.12. The van der Waals surface area contributed by atoms with E-state index in [9.17, 15) is 24.3 Å². The van der Waals surface area contributed by atoms with Crippen LogP contribution in [0, 0.1) is 11.8 Å². The number of piperazine rings is 1. The zero-order valence-electron chi connectivity index (χ0n) is 31.1. The Bertz CT molecular complexity index is 1390. The van der Waals surface area contributed by atoms with Crippen LogP contribution in [0.2, 0.25) is 0 Å². The topological polar surface area (TPSA) is 165 Å². The first-order valence-electron chi connectivity index (χ1n) is 17.6. The lowest BCUT2D eigenvalue weighted by molar-refractivity contribution is -0.131. The largest absolute Gasteiger partial charge is 0.453 e. The number of aliphatic hydroxyl groups excluding tert-OH is 1. The summed E-state index contributed by atoms with van der Waals surface area (Å²) in [6.07, 6.45) is -1.76. The molecule has 5 atom stereocenters. The molecule has 0 saturated carbocycles. The highest BCUT2D eigenvalue weighted by atomic mass is 16.5. The molecule has 5 N–H and O–H groups in total. The lowest BCUT2D eigenvalue weighted by Crippen LogP contribution is -2.59. The second-order valence-electron chi connectivity index (χ2n) is 13.5. The van der Waals surface area contributed by atoms with Crippen LogP contribution in [-0.4, -0.2) is 117 Å². The molecule has 1 aliphatic heterocycles. The number of hydrogen-bond acceptors (Lipinski definition) is 10. The van der Waals surface area contributed by atoms with Crippen molar-refractivity contribution in [3.05, 3.63) is 65.7 Å². The number of ether oxygens (including phenoxy) is 2. The van der Waals surface area contributed by atoms with Crippen molar-refractivity contribution in [3.8, 4) is 0 Å². The third-order valence-corrected chi connectivity index (χ3v) is 9.31. The fourth-order valence-electron chi connectivity index (χ4n) is 5.86. The lowest BCUT2D eigenvalue weighted by atomic mass is 9.98. The molecule has 2 aromatic carbocycles. The number of methoxy groups -OCH3 is 2. The number of nitrogens with one attached hydrogen (secondary N) is 4. The van der Waals surface area contributed by atoms with Crippen LogP contribution >= 0.6 is 0 Å². The monoisotopic (exact) mass is 711 g/mol. The van der Waals surface area contributed by atoms with Crippen LogP contribution in [0.5, 0.6) is 0 Å². The van der Waals surface area contributed by atoms with Crippen LogP contribution in [0.1, 0.15) is 45.2 Å². The van der Waals surface area contributed by atoms with Gasteiger partial charge in [0.05, 0.1) is 26.4 Å². The Hall–Kier alpha value is -4.40. The number of hydrazine groups is 1. The van der Waals surface area contributed by atoms with E-state index >= 15 is 0 Å². The number of anilines is 1. The van der Waals surface area contributed by atoms with Crippen molar-refractivity contribution in [3.63, 3.8) is 0 Å². The summed E-state index contributed by atoms with van der Waals surface area (Å²) in [5.74, 6) is -1.45. The maximum absolute atomic E-state index is 13.8. The van der Waals surface area contributed by atoms with Gasteiger partial charge >= 0.3 is 12.2 Å². The van der Waals surface area contributed by atoms with Gasteiger partial charge in [0.2, 0.25) is 5.91 Å². The molecule has 0 spiro atoms. The first-order chi connectivity index (χ1) is 24.3. The van der Waals surface area contributed by atoms with Gasteiger partial charge in [0.25, 0.3) is 5.91 Å². The van der Waals surface area contributed by atoms with E-state index in [0.717, 1.165) is 43.0 Å². The molecule has 14 nitrogen and oxygen atoms in total. The Morgan fingerprint density at radius 3 is 1.94 bits per heavy atom. The molecule has 0 bridgehead atoms. The summed E-state index contributed by atoms with van der Waals surface area (Å²) in [5.41, 5.74) is 5.79. The molecular formula is C37H57N7O7. The number of carbonyl (C=O) groups is 4. The van der Waals surface area contributed by atoms with Gasteiger partial charge in [-0.1, -0.05) is 76.6 Å². The number of rotatable bonds is 17. The Morgan fingerprint density at radius 1 is 0.804 bits per heavy atom. The molecule has 0 aliphatic carbocycles. The molecule has 1 unspecified atom stereocenters. The van der Waals surface area contributed by atoms with Gasteiger partial charge in [-0.3, -0.25) is 15.0 Å². The minimum absolute atomic E-state index is 0.0774.